The van der Waals surface area contributed by atoms with Crippen LogP contribution in [0.3, 0.4) is 0 Å². The number of hydrogen-bond acceptors (Lipinski definition) is 3. The van der Waals surface area contributed by atoms with Crippen LogP contribution >= 0.6 is 11.8 Å². The molecule has 1 fully saturated rings. The SMILES string of the molecule is CC1(c2ccccc2)N[C@H](C(=O)O)CS1. The van der Waals surface area contributed by atoms with Gasteiger partial charge in [-0.15, -0.1) is 11.8 Å². The smallest absolute Gasteiger partial charge is 0.321 e. The molecule has 3 nitrogen and oxygen atoms in total. The van der Waals surface area contributed by atoms with Crippen molar-refractivity contribution in [1.29, 1.82) is 0 Å². The topological polar surface area (TPSA) is 49.3 Å². The number of rotatable bonds is 2. The third-order valence-electron chi connectivity index (χ3n) is 2.61. The molecule has 1 heterocycles. The van der Waals surface area contributed by atoms with Gasteiger partial charge in [0.15, 0.2) is 0 Å². The Kier molecular flexibility index (Phi) is 2.71. The molecule has 0 radical (unpaired) electrons. The fourth-order valence-electron chi connectivity index (χ4n) is 1.72. The van der Waals surface area contributed by atoms with Crippen LogP contribution in [0.2, 0.25) is 0 Å². The van der Waals surface area contributed by atoms with Crippen molar-refractivity contribution < 1.29 is 9.90 Å². The van der Waals surface area contributed by atoms with Gasteiger partial charge in [-0.3, -0.25) is 10.1 Å². The van der Waals surface area contributed by atoms with Crippen LogP contribution in [0.4, 0.5) is 0 Å². The monoisotopic (exact) mass is 223 g/mol. The maximum absolute atomic E-state index is 10.8. The summed E-state index contributed by atoms with van der Waals surface area (Å²) in [7, 11) is 0. The summed E-state index contributed by atoms with van der Waals surface area (Å²) in [6, 6.07) is 9.49. The summed E-state index contributed by atoms with van der Waals surface area (Å²) in [5.41, 5.74) is 1.12. The number of nitrogens with one attached hydrogen (secondary N) is 1. The van der Waals surface area contributed by atoms with Crippen LogP contribution in [0, 0.1) is 0 Å². The Morgan fingerprint density at radius 2 is 2.20 bits per heavy atom. The van der Waals surface area contributed by atoms with Gasteiger partial charge in [0, 0.05) is 5.75 Å². The molecule has 0 saturated carbocycles. The zero-order valence-corrected chi connectivity index (χ0v) is 9.25. The van der Waals surface area contributed by atoms with Crippen molar-refractivity contribution >= 4 is 17.7 Å². The van der Waals surface area contributed by atoms with Crippen molar-refractivity contribution in [2.45, 2.75) is 17.8 Å². The number of carbonyl (C=O) groups is 1. The molecule has 15 heavy (non-hydrogen) atoms. The minimum atomic E-state index is -0.776. The highest BCUT2D eigenvalue weighted by Gasteiger charge is 2.39. The van der Waals surface area contributed by atoms with Crippen molar-refractivity contribution in [2.24, 2.45) is 0 Å². The van der Waals surface area contributed by atoms with E-state index in [1.807, 2.05) is 37.3 Å². The van der Waals surface area contributed by atoms with E-state index in [2.05, 4.69) is 5.32 Å². The highest BCUT2D eigenvalue weighted by atomic mass is 32.2. The zero-order valence-electron chi connectivity index (χ0n) is 8.43. The molecular formula is C11H13NO2S. The Bertz CT molecular complexity index is 368. The van der Waals surface area contributed by atoms with Crippen LogP contribution in [0.5, 0.6) is 0 Å². The Morgan fingerprint density at radius 3 is 2.73 bits per heavy atom. The minimum absolute atomic E-state index is 0.273. The van der Waals surface area contributed by atoms with Crippen LogP contribution in [-0.2, 0) is 9.67 Å². The Labute approximate surface area is 92.9 Å². The van der Waals surface area contributed by atoms with Gasteiger partial charge in [-0.2, -0.15) is 0 Å². The molecule has 0 spiro atoms. The highest BCUT2D eigenvalue weighted by Crippen LogP contribution is 2.38. The van der Waals surface area contributed by atoms with Crippen molar-refractivity contribution in [3.63, 3.8) is 0 Å². The van der Waals surface area contributed by atoms with E-state index >= 15 is 0 Å². The lowest BCUT2D eigenvalue weighted by molar-refractivity contribution is -0.138. The van der Waals surface area contributed by atoms with Gasteiger partial charge in [0.25, 0.3) is 0 Å². The fourth-order valence-corrected chi connectivity index (χ4v) is 2.98. The molecule has 1 aliphatic heterocycles. The summed E-state index contributed by atoms with van der Waals surface area (Å²) in [6.45, 7) is 2.02. The van der Waals surface area contributed by atoms with E-state index in [4.69, 9.17) is 5.11 Å². The van der Waals surface area contributed by atoms with E-state index in [1.54, 1.807) is 11.8 Å². The molecule has 80 valence electrons. The lowest BCUT2D eigenvalue weighted by Gasteiger charge is -2.24. The second kappa shape index (κ2) is 3.87. The van der Waals surface area contributed by atoms with E-state index in [0.29, 0.717) is 5.75 Å². The van der Waals surface area contributed by atoms with Gasteiger partial charge in [0.2, 0.25) is 0 Å². The molecule has 1 aliphatic rings. The average molecular weight is 223 g/mol. The summed E-state index contributed by atoms with van der Waals surface area (Å²) in [6.07, 6.45) is 0. The highest BCUT2D eigenvalue weighted by molar-refractivity contribution is 8.00. The molecule has 0 aromatic heterocycles. The van der Waals surface area contributed by atoms with Crippen molar-refractivity contribution in [1.82, 2.24) is 5.32 Å². The molecule has 1 unspecified atom stereocenters. The predicted octanol–water partition coefficient (Wildman–Crippen LogP) is 1.65. The first-order valence-corrected chi connectivity index (χ1v) is 5.80. The van der Waals surface area contributed by atoms with Gasteiger partial charge in [0.05, 0.1) is 4.87 Å². The lowest BCUT2D eigenvalue weighted by atomic mass is 10.1. The Hall–Kier alpha value is -1.00. The Balaban J connectivity index is 2.20. The van der Waals surface area contributed by atoms with E-state index in [1.165, 1.54) is 0 Å². The quantitative estimate of drug-likeness (QED) is 0.800. The van der Waals surface area contributed by atoms with Crippen molar-refractivity contribution in [3.8, 4) is 0 Å². The molecule has 2 N–H and O–H groups in total. The predicted molar refractivity (Wildman–Crippen MR) is 60.8 cm³/mol. The molecule has 0 bridgehead atoms. The van der Waals surface area contributed by atoms with E-state index in [0.717, 1.165) is 5.56 Å². The van der Waals surface area contributed by atoms with Crippen LogP contribution < -0.4 is 5.32 Å². The second-order valence-electron chi connectivity index (χ2n) is 3.75. The van der Waals surface area contributed by atoms with Crippen LogP contribution in [0.25, 0.3) is 0 Å². The van der Waals surface area contributed by atoms with Gasteiger partial charge in [-0.1, -0.05) is 30.3 Å². The second-order valence-corrected chi connectivity index (χ2v) is 5.18. The normalized spacial score (nSPS) is 30.3. The number of thioether (sulfide) groups is 1. The molecule has 1 aromatic carbocycles. The fraction of sp³-hybridized carbons (Fsp3) is 0.364. The summed E-state index contributed by atoms with van der Waals surface area (Å²) in [5, 5.41) is 12.1. The van der Waals surface area contributed by atoms with Crippen LogP contribution in [-0.4, -0.2) is 22.9 Å². The van der Waals surface area contributed by atoms with Gasteiger partial charge >= 0.3 is 5.97 Å². The number of carboxylic acids is 1. The first-order valence-electron chi connectivity index (χ1n) is 4.82. The molecule has 2 rings (SSSR count). The number of hydrogen-bond donors (Lipinski definition) is 2. The summed E-state index contributed by atoms with van der Waals surface area (Å²) < 4.78 is 0. The van der Waals surface area contributed by atoms with Gasteiger partial charge in [0.1, 0.15) is 6.04 Å². The minimum Gasteiger partial charge on any atom is -0.480 e. The summed E-state index contributed by atoms with van der Waals surface area (Å²) in [5.74, 6) is -0.164. The molecule has 4 heteroatoms. The Morgan fingerprint density at radius 1 is 1.53 bits per heavy atom. The molecule has 0 aliphatic carbocycles. The van der Waals surface area contributed by atoms with Crippen LogP contribution in [0.15, 0.2) is 30.3 Å². The van der Waals surface area contributed by atoms with Crippen molar-refractivity contribution in [3.05, 3.63) is 35.9 Å². The van der Waals surface area contributed by atoms with Gasteiger partial charge in [-0.25, -0.2) is 0 Å². The molecular weight excluding hydrogens is 210 g/mol. The number of aliphatic carboxylic acids is 1. The first-order chi connectivity index (χ1) is 7.12. The maximum atomic E-state index is 10.8. The lowest BCUT2D eigenvalue weighted by Crippen LogP contribution is -2.41. The van der Waals surface area contributed by atoms with Crippen LogP contribution in [0.1, 0.15) is 12.5 Å². The van der Waals surface area contributed by atoms with Crippen molar-refractivity contribution in [2.75, 3.05) is 5.75 Å². The van der Waals surface area contributed by atoms with E-state index in [9.17, 15) is 4.79 Å². The first kappa shape index (κ1) is 10.5. The standard InChI is InChI=1S/C11H13NO2S/c1-11(8-5-3-2-4-6-8)12-9(7-15-11)10(13)14/h2-6,9,12H,7H2,1H3,(H,13,14)/t9-,11?/m0/s1. The summed E-state index contributed by atoms with van der Waals surface area (Å²) >= 11 is 1.64. The summed E-state index contributed by atoms with van der Waals surface area (Å²) in [4.78, 5) is 10.6. The van der Waals surface area contributed by atoms with E-state index < -0.39 is 12.0 Å². The van der Waals surface area contributed by atoms with E-state index in [-0.39, 0.29) is 4.87 Å². The maximum Gasteiger partial charge on any atom is 0.321 e. The van der Waals surface area contributed by atoms with Gasteiger partial charge in [-0.05, 0) is 12.5 Å². The van der Waals surface area contributed by atoms with Gasteiger partial charge < -0.3 is 5.11 Å². The third-order valence-corrected chi connectivity index (χ3v) is 4.04. The molecule has 1 aromatic rings. The molecule has 1 saturated heterocycles. The third kappa shape index (κ3) is 2.01. The average Bonchev–Trinajstić information content (AvgIpc) is 2.64. The number of benzene rings is 1. The number of carboxylic acid groups (broad SMARTS) is 1. The molecule has 2 atom stereocenters. The largest absolute Gasteiger partial charge is 0.480 e. The molecule has 0 amide bonds. The zero-order chi connectivity index (χ0) is 10.9.